The molecule has 2 atom stereocenters. The second kappa shape index (κ2) is 9.96. The molecule has 0 aliphatic heterocycles. The molecule has 7 nitrogen and oxygen atoms in total. The van der Waals surface area contributed by atoms with Crippen molar-refractivity contribution in [3.63, 3.8) is 0 Å². The lowest BCUT2D eigenvalue weighted by Gasteiger charge is -2.23. The molecule has 1 aromatic heterocycles. The van der Waals surface area contributed by atoms with Crippen LogP contribution in [0.3, 0.4) is 0 Å². The molecule has 32 heavy (non-hydrogen) atoms. The van der Waals surface area contributed by atoms with Crippen molar-refractivity contribution < 1.29 is 14.3 Å². The fraction of sp³-hybridized carbons (Fsp3) is 0.240. The quantitative estimate of drug-likeness (QED) is 0.472. The van der Waals surface area contributed by atoms with E-state index in [9.17, 15) is 9.59 Å². The first kappa shape index (κ1) is 22.8. The summed E-state index contributed by atoms with van der Waals surface area (Å²) in [5.74, 6) is -1.29. The van der Waals surface area contributed by atoms with Gasteiger partial charge in [0.05, 0.1) is 18.6 Å². The number of H-pyrrole nitrogens is 1. The number of nitrogens with zero attached hydrogens (tertiary/aromatic N) is 1. The van der Waals surface area contributed by atoms with Crippen molar-refractivity contribution in [1.29, 1.82) is 0 Å². The zero-order valence-corrected chi connectivity index (χ0v) is 18.5. The standard InChI is InChI=1S/C25H28N4O3/c1-15(26)20-12-8-9-18(13-20)14-21(25(31)32-4)16(2)27-24(30)22-17(3)28-29-23(22)19-10-6-5-7-11-19/h5-13,16,21H,1,14,26H2,2-4H3,(H,27,30)(H,28,29). The molecule has 0 radical (unpaired) electrons. The van der Waals surface area contributed by atoms with Crippen LogP contribution in [0.4, 0.5) is 0 Å². The third-order valence-electron chi connectivity index (χ3n) is 5.44. The lowest BCUT2D eigenvalue weighted by atomic mass is 9.91. The van der Waals surface area contributed by atoms with Crippen LogP contribution in [0.1, 0.15) is 34.1 Å². The Bertz CT molecular complexity index is 1120. The Morgan fingerprint density at radius 2 is 1.91 bits per heavy atom. The molecule has 166 valence electrons. The molecule has 3 aromatic rings. The molecule has 0 aliphatic carbocycles. The molecule has 0 spiro atoms. The maximum absolute atomic E-state index is 13.2. The van der Waals surface area contributed by atoms with Gasteiger partial charge >= 0.3 is 5.97 Å². The molecule has 3 rings (SSSR count). The number of methoxy groups -OCH3 is 1. The number of carbonyl (C=O) groups excluding carboxylic acids is 2. The minimum Gasteiger partial charge on any atom is -0.469 e. The Labute approximate surface area is 187 Å². The smallest absolute Gasteiger partial charge is 0.311 e. The number of ether oxygens (including phenoxy) is 1. The van der Waals surface area contributed by atoms with Crippen LogP contribution in [-0.2, 0) is 16.0 Å². The van der Waals surface area contributed by atoms with Crippen LogP contribution in [0.15, 0.2) is 61.2 Å². The number of amides is 1. The molecule has 4 N–H and O–H groups in total. The Balaban J connectivity index is 1.83. The van der Waals surface area contributed by atoms with E-state index < -0.39 is 17.9 Å². The first-order chi connectivity index (χ1) is 15.3. The number of rotatable bonds is 8. The summed E-state index contributed by atoms with van der Waals surface area (Å²) in [5, 5.41) is 10.2. The van der Waals surface area contributed by atoms with Gasteiger partial charge in [-0.2, -0.15) is 5.10 Å². The number of carbonyl (C=O) groups is 2. The maximum atomic E-state index is 13.2. The van der Waals surface area contributed by atoms with Crippen LogP contribution < -0.4 is 11.1 Å². The third-order valence-corrected chi connectivity index (χ3v) is 5.44. The number of aryl methyl sites for hydroxylation is 1. The number of benzene rings is 2. The van der Waals surface area contributed by atoms with E-state index in [-0.39, 0.29) is 5.91 Å². The number of esters is 1. The Hall–Kier alpha value is -3.87. The van der Waals surface area contributed by atoms with Crippen molar-refractivity contribution in [2.45, 2.75) is 26.3 Å². The fourth-order valence-corrected chi connectivity index (χ4v) is 3.66. The van der Waals surface area contributed by atoms with E-state index in [4.69, 9.17) is 10.5 Å². The third kappa shape index (κ3) is 5.06. The first-order valence-electron chi connectivity index (χ1n) is 10.3. The lowest BCUT2D eigenvalue weighted by molar-refractivity contribution is -0.146. The number of nitrogens with two attached hydrogens (primary N) is 1. The number of hydrogen-bond donors (Lipinski definition) is 3. The summed E-state index contributed by atoms with van der Waals surface area (Å²) in [4.78, 5) is 25.8. The summed E-state index contributed by atoms with van der Waals surface area (Å²) in [6.07, 6.45) is 0.380. The van der Waals surface area contributed by atoms with E-state index in [2.05, 4.69) is 22.1 Å². The highest BCUT2D eigenvalue weighted by atomic mass is 16.5. The summed E-state index contributed by atoms with van der Waals surface area (Å²) >= 11 is 0. The molecule has 0 saturated heterocycles. The van der Waals surface area contributed by atoms with Gasteiger partial charge in [-0.1, -0.05) is 55.1 Å². The molecule has 2 aromatic carbocycles. The summed E-state index contributed by atoms with van der Waals surface area (Å²) in [5.41, 5.74) is 10.4. The Morgan fingerprint density at radius 1 is 1.19 bits per heavy atom. The van der Waals surface area contributed by atoms with Crippen molar-refractivity contribution in [3.8, 4) is 11.3 Å². The van der Waals surface area contributed by atoms with Crippen LogP contribution in [0.2, 0.25) is 0 Å². The Morgan fingerprint density at radius 3 is 2.56 bits per heavy atom. The highest BCUT2D eigenvalue weighted by Gasteiger charge is 2.29. The summed E-state index contributed by atoms with van der Waals surface area (Å²) < 4.78 is 5.02. The van der Waals surface area contributed by atoms with Gasteiger partial charge in [-0.25, -0.2) is 0 Å². The van der Waals surface area contributed by atoms with Crippen molar-refractivity contribution in [1.82, 2.24) is 15.5 Å². The van der Waals surface area contributed by atoms with Crippen LogP contribution in [0.5, 0.6) is 0 Å². The van der Waals surface area contributed by atoms with Crippen molar-refractivity contribution in [2.24, 2.45) is 11.7 Å². The first-order valence-corrected chi connectivity index (χ1v) is 10.3. The average Bonchev–Trinajstić information content (AvgIpc) is 3.19. The van der Waals surface area contributed by atoms with Crippen LogP contribution in [0, 0.1) is 12.8 Å². The average molecular weight is 433 g/mol. The lowest BCUT2D eigenvalue weighted by Crippen LogP contribution is -2.43. The highest BCUT2D eigenvalue weighted by Crippen LogP contribution is 2.24. The van der Waals surface area contributed by atoms with E-state index in [0.717, 1.165) is 16.7 Å². The number of aromatic amines is 1. The molecule has 0 saturated carbocycles. The summed E-state index contributed by atoms with van der Waals surface area (Å²) in [6.45, 7) is 7.35. The summed E-state index contributed by atoms with van der Waals surface area (Å²) in [6, 6.07) is 16.5. The molecule has 1 heterocycles. The summed E-state index contributed by atoms with van der Waals surface area (Å²) in [7, 11) is 1.34. The van der Waals surface area contributed by atoms with Gasteiger partial charge in [0.1, 0.15) is 5.69 Å². The topological polar surface area (TPSA) is 110 Å². The van der Waals surface area contributed by atoms with Gasteiger partial charge in [0.25, 0.3) is 5.91 Å². The van der Waals surface area contributed by atoms with Crippen LogP contribution in [0.25, 0.3) is 17.0 Å². The normalized spacial score (nSPS) is 12.6. The predicted octanol–water partition coefficient (Wildman–Crippen LogP) is 3.46. The van der Waals surface area contributed by atoms with E-state index in [0.29, 0.717) is 29.1 Å². The second-order valence-corrected chi connectivity index (χ2v) is 7.76. The second-order valence-electron chi connectivity index (χ2n) is 7.76. The van der Waals surface area contributed by atoms with E-state index in [1.165, 1.54) is 7.11 Å². The molecular formula is C25H28N4O3. The molecule has 0 fully saturated rings. The van der Waals surface area contributed by atoms with Gasteiger partial charge in [-0.15, -0.1) is 0 Å². The van der Waals surface area contributed by atoms with Gasteiger partial charge in [-0.05, 0) is 37.5 Å². The number of hydrogen-bond acceptors (Lipinski definition) is 5. The highest BCUT2D eigenvalue weighted by molar-refractivity contribution is 6.01. The fourth-order valence-electron chi connectivity index (χ4n) is 3.66. The van der Waals surface area contributed by atoms with E-state index in [1.54, 1.807) is 13.8 Å². The zero-order chi connectivity index (χ0) is 23.3. The van der Waals surface area contributed by atoms with Gasteiger partial charge < -0.3 is 15.8 Å². The van der Waals surface area contributed by atoms with Gasteiger partial charge in [-0.3, -0.25) is 14.7 Å². The minimum atomic E-state index is -0.586. The van der Waals surface area contributed by atoms with Gasteiger partial charge in [0.2, 0.25) is 0 Å². The van der Waals surface area contributed by atoms with Crippen LogP contribution in [-0.4, -0.2) is 35.2 Å². The predicted molar refractivity (Wildman–Crippen MR) is 125 cm³/mol. The van der Waals surface area contributed by atoms with E-state index >= 15 is 0 Å². The molecule has 0 aliphatic rings. The van der Waals surface area contributed by atoms with Crippen molar-refractivity contribution in [2.75, 3.05) is 7.11 Å². The largest absolute Gasteiger partial charge is 0.469 e. The zero-order valence-electron chi connectivity index (χ0n) is 18.5. The molecule has 0 bridgehead atoms. The SMILES string of the molecule is C=C(N)c1cccc(CC(C(=O)OC)C(C)NC(=O)c2c(-c3ccccc3)n[nH]c2C)c1. The van der Waals surface area contributed by atoms with Crippen LogP contribution >= 0.6 is 0 Å². The van der Waals surface area contributed by atoms with Crippen molar-refractivity contribution >= 4 is 17.6 Å². The van der Waals surface area contributed by atoms with Gasteiger partial charge in [0, 0.05) is 23.0 Å². The minimum absolute atomic E-state index is 0.305. The number of nitrogens with one attached hydrogen (secondary N) is 2. The molecular weight excluding hydrogens is 404 g/mol. The number of aromatic nitrogens is 2. The monoisotopic (exact) mass is 432 g/mol. The molecule has 7 heteroatoms. The molecule has 1 amide bonds. The van der Waals surface area contributed by atoms with Gasteiger partial charge in [0.15, 0.2) is 0 Å². The van der Waals surface area contributed by atoms with Crippen molar-refractivity contribution in [3.05, 3.63) is 83.6 Å². The Kier molecular flexibility index (Phi) is 7.10. The maximum Gasteiger partial charge on any atom is 0.311 e. The van der Waals surface area contributed by atoms with E-state index in [1.807, 2.05) is 54.6 Å². The molecule has 2 unspecified atom stereocenters.